The van der Waals surface area contributed by atoms with Gasteiger partial charge in [-0.3, -0.25) is 13.9 Å². The zero-order chi connectivity index (χ0) is 23.2. The minimum absolute atomic E-state index is 0.0180. The average Bonchev–Trinajstić information content (AvgIpc) is 2.65. The fourth-order valence-electron chi connectivity index (χ4n) is 2.81. The van der Waals surface area contributed by atoms with Crippen molar-refractivity contribution >= 4 is 33.2 Å². The van der Waals surface area contributed by atoms with Crippen LogP contribution in [-0.2, 0) is 14.8 Å². The fourth-order valence-corrected chi connectivity index (χ4v) is 3.67. The molecular formula is C22H29N3O5S. The van der Waals surface area contributed by atoms with Crippen molar-refractivity contribution < 1.29 is 22.7 Å². The number of hydrogen-bond acceptors (Lipinski definition) is 5. The summed E-state index contributed by atoms with van der Waals surface area (Å²) in [6, 6.07) is 12.9. The number of benzene rings is 2. The van der Waals surface area contributed by atoms with Crippen LogP contribution in [0.1, 0.15) is 38.1 Å². The van der Waals surface area contributed by atoms with Crippen LogP contribution in [0.5, 0.6) is 5.75 Å². The summed E-state index contributed by atoms with van der Waals surface area (Å²) in [4.78, 5) is 25.1. The second-order valence-corrected chi connectivity index (χ2v) is 9.56. The van der Waals surface area contributed by atoms with Crippen LogP contribution in [-0.4, -0.2) is 45.2 Å². The Hall–Kier alpha value is -3.07. The molecule has 2 aromatic carbocycles. The number of para-hydroxylation sites is 1. The molecular weight excluding hydrogens is 418 g/mol. The van der Waals surface area contributed by atoms with E-state index >= 15 is 0 Å². The monoisotopic (exact) mass is 447 g/mol. The molecule has 0 saturated heterocycles. The van der Waals surface area contributed by atoms with Crippen molar-refractivity contribution in [2.24, 2.45) is 0 Å². The van der Waals surface area contributed by atoms with E-state index in [9.17, 15) is 18.0 Å². The third-order valence-electron chi connectivity index (χ3n) is 4.05. The molecule has 0 atom stereocenters. The minimum atomic E-state index is -3.73. The van der Waals surface area contributed by atoms with E-state index in [1.54, 1.807) is 48.5 Å². The molecule has 2 N–H and O–H groups in total. The van der Waals surface area contributed by atoms with E-state index in [-0.39, 0.29) is 18.1 Å². The van der Waals surface area contributed by atoms with Gasteiger partial charge in [-0.05, 0) is 64.1 Å². The lowest BCUT2D eigenvalue weighted by Gasteiger charge is -2.22. The molecule has 0 bridgehead atoms. The van der Waals surface area contributed by atoms with Gasteiger partial charge < -0.3 is 15.4 Å². The predicted octanol–water partition coefficient (Wildman–Crippen LogP) is 3.02. The molecule has 0 fully saturated rings. The van der Waals surface area contributed by atoms with Gasteiger partial charge in [0.05, 0.1) is 29.3 Å². The van der Waals surface area contributed by atoms with Crippen LogP contribution in [0.25, 0.3) is 0 Å². The second kappa shape index (κ2) is 10.3. The molecule has 168 valence electrons. The molecule has 0 aliphatic carbocycles. The lowest BCUT2D eigenvalue weighted by molar-refractivity contribution is -0.114. The maximum absolute atomic E-state index is 12.7. The van der Waals surface area contributed by atoms with Gasteiger partial charge in [0, 0.05) is 6.04 Å². The zero-order valence-electron chi connectivity index (χ0n) is 18.4. The number of ether oxygens (including phenoxy) is 1. The topological polar surface area (TPSA) is 105 Å². The number of carbonyl (C=O) groups excluding carboxylic acids is 2. The van der Waals surface area contributed by atoms with Gasteiger partial charge in [0.1, 0.15) is 12.3 Å². The number of nitrogens with zero attached hydrogens (tertiary/aromatic N) is 1. The number of rotatable bonds is 9. The summed E-state index contributed by atoms with van der Waals surface area (Å²) in [5.41, 5.74) is 0.935. The van der Waals surface area contributed by atoms with Gasteiger partial charge in [-0.15, -0.1) is 0 Å². The van der Waals surface area contributed by atoms with E-state index in [1.807, 2.05) is 27.7 Å². The molecule has 0 saturated carbocycles. The van der Waals surface area contributed by atoms with E-state index in [4.69, 9.17) is 4.74 Å². The molecule has 0 spiro atoms. The van der Waals surface area contributed by atoms with Crippen molar-refractivity contribution in [3.8, 4) is 5.75 Å². The lowest BCUT2D eigenvalue weighted by atomic mass is 10.1. The molecule has 0 radical (unpaired) electrons. The quantitative estimate of drug-likeness (QED) is 0.615. The van der Waals surface area contributed by atoms with E-state index in [0.29, 0.717) is 22.7 Å². The van der Waals surface area contributed by atoms with E-state index < -0.39 is 22.5 Å². The van der Waals surface area contributed by atoms with Gasteiger partial charge in [0.25, 0.3) is 5.91 Å². The molecule has 31 heavy (non-hydrogen) atoms. The van der Waals surface area contributed by atoms with Gasteiger partial charge in [0.2, 0.25) is 15.9 Å². The largest absolute Gasteiger partial charge is 0.491 e. The summed E-state index contributed by atoms with van der Waals surface area (Å²) >= 11 is 0. The molecule has 0 aromatic heterocycles. The van der Waals surface area contributed by atoms with Gasteiger partial charge in [-0.2, -0.15) is 0 Å². The summed E-state index contributed by atoms with van der Waals surface area (Å²) < 4.78 is 31.2. The normalized spacial score (nSPS) is 11.3. The Morgan fingerprint density at radius 1 is 1.00 bits per heavy atom. The molecule has 2 rings (SSSR count). The first-order chi connectivity index (χ1) is 14.5. The van der Waals surface area contributed by atoms with Crippen molar-refractivity contribution in [3.63, 3.8) is 0 Å². The predicted molar refractivity (Wildman–Crippen MR) is 122 cm³/mol. The number of hydrogen-bond donors (Lipinski definition) is 2. The van der Waals surface area contributed by atoms with Crippen LogP contribution < -0.4 is 19.7 Å². The number of sulfonamides is 1. The minimum Gasteiger partial charge on any atom is -0.491 e. The first-order valence-electron chi connectivity index (χ1n) is 9.91. The number of amides is 2. The van der Waals surface area contributed by atoms with Crippen LogP contribution >= 0.6 is 0 Å². The molecule has 2 amide bonds. The molecule has 2 aromatic rings. The number of carbonyl (C=O) groups is 2. The Morgan fingerprint density at radius 2 is 1.61 bits per heavy atom. The van der Waals surface area contributed by atoms with Gasteiger partial charge in [-0.25, -0.2) is 8.42 Å². The molecule has 0 unspecified atom stereocenters. The van der Waals surface area contributed by atoms with Crippen molar-refractivity contribution in [2.45, 2.75) is 39.8 Å². The standard InChI is InChI=1S/C22H29N3O5S/c1-15(2)23-22(27)19-8-6-7-9-20(19)24-21(26)14-25(31(5,28)29)17-10-12-18(13-11-17)30-16(3)4/h6-13,15-16H,14H2,1-5H3,(H,23,27)(H,24,26). The first-order valence-corrected chi connectivity index (χ1v) is 11.8. The van der Waals surface area contributed by atoms with E-state index in [1.165, 1.54) is 0 Å². The maximum atomic E-state index is 12.7. The second-order valence-electron chi connectivity index (χ2n) is 7.65. The van der Waals surface area contributed by atoms with Crippen LogP contribution in [0.15, 0.2) is 48.5 Å². The van der Waals surface area contributed by atoms with Crippen molar-refractivity contribution in [1.82, 2.24) is 5.32 Å². The Bertz CT molecular complexity index is 1020. The highest BCUT2D eigenvalue weighted by molar-refractivity contribution is 7.92. The lowest BCUT2D eigenvalue weighted by Crippen LogP contribution is -2.38. The SMILES string of the molecule is CC(C)NC(=O)c1ccccc1NC(=O)CN(c1ccc(OC(C)C)cc1)S(C)(=O)=O. The Balaban J connectivity index is 2.21. The van der Waals surface area contributed by atoms with Gasteiger partial charge >= 0.3 is 0 Å². The third-order valence-corrected chi connectivity index (χ3v) is 5.19. The molecule has 0 aliphatic rings. The summed E-state index contributed by atoms with van der Waals surface area (Å²) in [6.45, 7) is 7.01. The third kappa shape index (κ3) is 7.29. The summed E-state index contributed by atoms with van der Waals surface area (Å²) in [5.74, 6) is -0.300. The molecule has 8 nitrogen and oxygen atoms in total. The summed E-state index contributed by atoms with van der Waals surface area (Å²) in [5, 5.41) is 5.42. The van der Waals surface area contributed by atoms with Crippen LogP contribution in [0.2, 0.25) is 0 Å². The van der Waals surface area contributed by atoms with Crippen LogP contribution in [0.4, 0.5) is 11.4 Å². The molecule has 0 aliphatic heterocycles. The average molecular weight is 448 g/mol. The molecule has 0 heterocycles. The Labute approximate surface area is 183 Å². The Kier molecular flexibility index (Phi) is 8.04. The van der Waals surface area contributed by atoms with Crippen molar-refractivity contribution in [2.75, 3.05) is 22.4 Å². The van der Waals surface area contributed by atoms with E-state index in [2.05, 4.69) is 10.6 Å². The smallest absolute Gasteiger partial charge is 0.253 e. The van der Waals surface area contributed by atoms with E-state index in [0.717, 1.165) is 10.6 Å². The van der Waals surface area contributed by atoms with Crippen LogP contribution in [0.3, 0.4) is 0 Å². The molecule has 9 heteroatoms. The number of anilines is 2. The van der Waals surface area contributed by atoms with Gasteiger partial charge in [0.15, 0.2) is 0 Å². The maximum Gasteiger partial charge on any atom is 0.253 e. The highest BCUT2D eigenvalue weighted by Gasteiger charge is 2.22. The fraction of sp³-hybridized carbons (Fsp3) is 0.364. The van der Waals surface area contributed by atoms with Crippen molar-refractivity contribution in [3.05, 3.63) is 54.1 Å². The Morgan fingerprint density at radius 3 is 2.16 bits per heavy atom. The van der Waals surface area contributed by atoms with Crippen molar-refractivity contribution in [1.29, 1.82) is 0 Å². The number of nitrogens with one attached hydrogen (secondary N) is 2. The highest BCUT2D eigenvalue weighted by Crippen LogP contribution is 2.23. The van der Waals surface area contributed by atoms with Crippen LogP contribution in [0, 0.1) is 0 Å². The first kappa shape index (κ1) is 24.2. The summed E-state index contributed by atoms with van der Waals surface area (Å²) in [7, 11) is -3.73. The zero-order valence-corrected chi connectivity index (χ0v) is 19.2. The van der Waals surface area contributed by atoms with Gasteiger partial charge in [-0.1, -0.05) is 12.1 Å². The summed E-state index contributed by atoms with van der Waals surface area (Å²) in [6.07, 6.45) is 1.01. The highest BCUT2D eigenvalue weighted by atomic mass is 32.2.